The zero-order valence-corrected chi connectivity index (χ0v) is 19.5. The van der Waals surface area contributed by atoms with Crippen molar-refractivity contribution in [2.24, 2.45) is 0 Å². The highest BCUT2D eigenvalue weighted by Gasteiger charge is 2.27. The number of halogens is 2. The molecule has 0 spiro atoms. The fourth-order valence-electron chi connectivity index (χ4n) is 2.85. The van der Waals surface area contributed by atoms with Gasteiger partial charge >= 0.3 is 5.97 Å². The van der Waals surface area contributed by atoms with Crippen LogP contribution in [0, 0.1) is 13.8 Å². The van der Waals surface area contributed by atoms with Gasteiger partial charge in [0, 0.05) is 11.4 Å². The molecule has 0 atom stereocenters. The van der Waals surface area contributed by atoms with Gasteiger partial charge in [-0.1, -0.05) is 42.4 Å². The Labute approximate surface area is 195 Å². The zero-order valence-electron chi connectivity index (χ0n) is 17.2. The maximum absolute atomic E-state index is 12.9. The first-order valence-corrected chi connectivity index (χ1v) is 11.2. The largest absolute Gasteiger partial charge is 0.478 e. The minimum atomic E-state index is -3.97. The monoisotopic (exact) mass is 494 g/mol. The van der Waals surface area contributed by atoms with Gasteiger partial charge in [-0.15, -0.1) is 0 Å². The van der Waals surface area contributed by atoms with Gasteiger partial charge in [0.2, 0.25) is 9.84 Å². The zero-order chi connectivity index (χ0) is 24.4. The van der Waals surface area contributed by atoms with Crippen molar-refractivity contribution in [3.63, 3.8) is 0 Å². The molecular weight excluding hydrogens is 475 g/mol. The van der Waals surface area contributed by atoms with Gasteiger partial charge < -0.3 is 16.2 Å². The smallest absolute Gasteiger partial charge is 0.338 e. The lowest BCUT2D eigenvalue weighted by atomic mass is 9.96. The highest BCUT2D eigenvalue weighted by Crippen LogP contribution is 2.35. The molecule has 10 heteroatoms. The van der Waals surface area contributed by atoms with Crippen LogP contribution in [0.1, 0.15) is 31.8 Å². The van der Waals surface area contributed by atoms with E-state index in [1.54, 1.807) is 6.92 Å². The number of carbonyl (C=O) groups excluding carboxylic acids is 1. The molecule has 32 heavy (non-hydrogen) atoms. The van der Waals surface area contributed by atoms with Crippen molar-refractivity contribution in [1.29, 1.82) is 0 Å². The number of nitrogen functional groups attached to an aromatic ring is 1. The third-order valence-corrected chi connectivity index (χ3v) is 7.41. The molecule has 0 saturated carbocycles. The van der Waals surface area contributed by atoms with Gasteiger partial charge in [-0.05, 0) is 55.3 Å². The lowest BCUT2D eigenvalue weighted by Gasteiger charge is -2.16. The van der Waals surface area contributed by atoms with Gasteiger partial charge in [0.05, 0.1) is 31.0 Å². The van der Waals surface area contributed by atoms with E-state index in [4.69, 9.17) is 28.9 Å². The Hall–Kier alpha value is -3.07. The second kappa shape index (κ2) is 9.60. The molecule has 0 unspecified atom stereocenters. The number of nitrogens with two attached hydrogens (primary N) is 1. The number of benzene rings is 2. The topological polar surface area (TPSA) is 127 Å². The summed E-state index contributed by atoms with van der Waals surface area (Å²) in [7, 11) is -3.97. The molecule has 0 aliphatic rings. The van der Waals surface area contributed by atoms with E-state index in [9.17, 15) is 23.1 Å². The Morgan fingerprint density at radius 1 is 1.06 bits per heavy atom. The Morgan fingerprint density at radius 3 is 2.12 bits per heavy atom. The third-order valence-electron chi connectivity index (χ3n) is 4.66. The summed E-state index contributed by atoms with van der Waals surface area (Å²) in [5.41, 5.74) is 5.95. The summed E-state index contributed by atoms with van der Waals surface area (Å²) in [5.74, 6) is -2.28. The van der Waals surface area contributed by atoms with Crippen LogP contribution >= 0.6 is 23.2 Å². The van der Waals surface area contributed by atoms with Crippen LogP contribution in [0.3, 0.4) is 0 Å². The summed E-state index contributed by atoms with van der Waals surface area (Å²) in [6.07, 6.45) is 2.21. The van der Waals surface area contributed by atoms with Gasteiger partial charge in [-0.25, -0.2) is 13.2 Å². The number of aromatic carboxylic acids is 1. The SMILES string of the molecule is C=C/C(=C\C(=C)NC(=O)c1c(C)c(C)c(Cl)c(Cl)c1C(=O)O)S(=O)(=O)c1ccc(N)cc1. The Balaban J connectivity index is 2.46. The van der Waals surface area contributed by atoms with Gasteiger partial charge in [0.15, 0.2) is 0 Å². The number of hydrogen-bond donors (Lipinski definition) is 3. The summed E-state index contributed by atoms with van der Waals surface area (Å²) < 4.78 is 25.7. The molecule has 1 amide bonds. The highest BCUT2D eigenvalue weighted by atomic mass is 35.5. The fourth-order valence-corrected chi connectivity index (χ4v) is 4.69. The number of carboxylic acids is 1. The van der Waals surface area contributed by atoms with Crippen LogP contribution in [0.15, 0.2) is 65.1 Å². The lowest BCUT2D eigenvalue weighted by Crippen LogP contribution is -2.26. The van der Waals surface area contributed by atoms with Crippen molar-refractivity contribution in [2.75, 3.05) is 5.73 Å². The predicted molar refractivity (Wildman–Crippen MR) is 126 cm³/mol. The van der Waals surface area contributed by atoms with E-state index < -0.39 is 27.3 Å². The molecule has 4 N–H and O–H groups in total. The van der Waals surface area contributed by atoms with Crippen molar-refractivity contribution in [3.05, 3.63) is 92.5 Å². The van der Waals surface area contributed by atoms with E-state index in [0.717, 1.165) is 12.2 Å². The minimum Gasteiger partial charge on any atom is -0.478 e. The predicted octanol–water partition coefficient (Wildman–Crippen LogP) is 4.68. The summed E-state index contributed by atoms with van der Waals surface area (Å²) in [4.78, 5) is 24.4. The molecule has 2 aromatic carbocycles. The number of anilines is 1. The van der Waals surface area contributed by atoms with Gasteiger partial charge in [0.1, 0.15) is 0 Å². The number of allylic oxidation sites excluding steroid dienone is 2. The number of rotatable bonds is 7. The molecule has 7 nitrogen and oxygen atoms in total. The van der Waals surface area contributed by atoms with Crippen molar-refractivity contribution < 1.29 is 23.1 Å². The van der Waals surface area contributed by atoms with Gasteiger partial charge in [-0.2, -0.15) is 0 Å². The Bertz CT molecular complexity index is 1280. The van der Waals surface area contributed by atoms with Crippen molar-refractivity contribution in [1.82, 2.24) is 5.32 Å². The molecule has 2 rings (SSSR count). The molecular formula is C22H20Cl2N2O5S. The number of amides is 1. The average Bonchev–Trinajstić information content (AvgIpc) is 2.72. The van der Waals surface area contributed by atoms with Crippen LogP contribution in [0.2, 0.25) is 10.0 Å². The summed E-state index contributed by atoms with van der Waals surface area (Å²) in [5, 5.41) is 11.7. The average molecular weight is 495 g/mol. The first kappa shape index (κ1) is 25.2. The number of nitrogens with one attached hydrogen (secondary N) is 1. The van der Waals surface area contributed by atoms with Crippen LogP contribution < -0.4 is 11.1 Å². The molecule has 168 valence electrons. The van der Waals surface area contributed by atoms with E-state index in [-0.39, 0.29) is 31.1 Å². The normalized spacial score (nSPS) is 11.7. The quantitative estimate of drug-likeness (QED) is 0.378. The van der Waals surface area contributed by atoms with Crippen LogP contribution in [0.4, 0.5) is 5.69 Å². The number of sulfone groups is 1. The van der Waals surface area contributed by atoms with E-state index in [0.29, 0.717) is 16.8 Å². The molecule has 0 aromatic heterocycles. The van der Waals surface area contributed by atoms with Crippen molar-refractivity contribution in [2.45, 2.75) is 18.7 Å². The van der Waals surface area contributed by atoms with Crippen LogP contribution in [-0.2, 0) is 9.84 Å². The number of hydrogen-bond acceptors (Lipinski definition) is 5. The Morgan fingerprint density at radius 2 is 1.62 bits per heavy atom. The summed E-state index contributed by atoms with van der Waals surface area (Å²) >= 11 is 12.1. The maximum Gasteiger partial charge on any atom is 0.338 e. The molecule has 0 aliphatic heterocycles. The van der Waals surface area contributed by atoms with Gasteiger partial charge in [0.25, 0.3) is 5.91 Å². The van der Waals surface area contributed by atoms with Gasteiger partial charge in [-0.3, -0.25) is 4.79 Å². The molecule has 0 fully saturated rings. The molecule has 0 heterocycles. The van der Waals surface area contributed by atoms with E-state index in [1.165, 1.54) is 31.2 Å². The molecule has 0 aliphatic carbocycles. The summed E-state index contributed by atoms with van der Waals surface area (Å²) in [6, 6.07) is 5.55. The molecule has 2 aromatic rings. The number of carbonyl (C=O) groups is 2. The second-order valence-electron chi connectivity index (χ2n) is 6.74. The van der Waals surface area contributed by atoms with Crippen molar-refractivity contribution in [3.8, 4) is 0 Å². The lowest BCUT2D eigenvalue weighted by molar-refractivity contribution is 0.0691. The Kier molecular flexibility index (Phi) is 7.56. The van der Waals surface area contributed by atoms with Crippen LogP contribution in [0.25, 0.3) is 0 Å². The van der Waals surface area contributed by atoms with E-state index in [1.807, 2.05) is 0 Å². The fraction of sp³-hybridized carbons (Fsp3) is 0.0909. The first-order valence-electron chi connectivity index (χ1n) is 8.99. The standard InChI is InChI=1S/C22H20Cl2N2O5S/c1-5-15(32(30,31)16-8-6-14(25)7-9-16)10-11(2)26-21(27)17-12(3)13(4)19(23)20(24)18(17)22(28)29/h5-10H,1-2,25H2,3-4H3,(H,26,27)(H,28,29)/b15-10+. The van der Waals surface area contributed by atoms with Crippen LogP contribution in [0.5, 0.6) is 0 Å². The third kappa shape index (κ3) is 4.88. The highest BCUT2D eigenvalue weighted by molar-refractivity contribution is 7.95. The minimum absolute atomic E-state index is 0.0268. The van der Waals surface area contributed by atoms with E-state index in [2.05, 4.69) is 18.5 Å². The van der Waals surface area contributed by atoms with Crippen LogP contribution in [-0.4, -0.2) is 25.4 Å². The number of carboxylic acid groups (broad SMARTS) is 1. The van der Waals surface area contributed by atoms with Crippen molar-refractivity contribution >= 4 is 50.6 Å². The molecule has 0 radical (unpaired) electrons. The second-order valence-corrected chi connectivity index (χ2v) is 9.44. The first-order chi connectivity index (χ1) is 14.8. The van der Waals surface area contributed by atoms with E-state index >= 15 is 0 Å². The molecule has 0 bridgehead atoms. The summed E-state index contributed by atoms with van der Waals surface area (Å²) in [6.45, 7) is 10.3. The molecule has 0 saturated heterocycles. The maximum atomic E-state index is 12.9.